The van der Waals surface area contributed by atoms with Crippen molar-refractivity contribution in [1.82, 2.24) is 20.5 Å². The SMILES string of the molecule is CCOc1ncccc1CNC(=NC)NCc1ccc(CN2CCCCC2)cc1. The zero-order valence-corrected chi connectivity index (χ0v) is 17.7. The van der Waals surface area contributed by atoms with Gasteiger partial charge in [0.2, 0.25) is 5.88 Å². The number of aromatic nitrogens is 1. The molecule has 6 heteroatoms. The predicted octanol–water partition coefficient (Wildman–Crippen LogP) is 3.33. The van der Waals surface area contributed by atoms with Crippen LogP contribution in [-0.2, 0) is 19.6 Å². The molecule has 1 saturated heterocycles. The number of piperidine rings is 1. The maximum atomic E-state index is 5.58. The highest BCUT2D eigenvalue weighted by Crippen LogP contribution is 2.14. The molecule has 1 fully saturated rings. The van der Waals surface area contributed by atoms with Crippen molar-refractivity contribution >= 4 is 5.96 Å². The number of pyridine rings is 1. The molecule has 2 aromatic rings. The van der Waals surface area contributed by atoms with Crippen LogP contribution in [0.5, 0.6) is 5.88 Å². The second-order valence-electron chi connectivity index (χ2n) is 7.33. The van der Waals surface area contributed by atoms with Crippen molar-refractivity contribution in [3.05, 3.63) is 59.3 Å². The van der Waals surface area contributed by atoms with Gasteiger partial charge in [-0.25, -0.2) is 4.98 Å². The van der Waals surface area contributed by atoms with Gasteiger partial charge in [-0.15, -0.1) is 0 Å². The van der Waals surface area contributed by atoms with Gasteiger partial charge in [-0.2, -0.15) is 0 Å². The van der Waals surface area contributed by atoms with E-state index < -0.39 is 0 Å². The summed E-state index contributed by atoms with van der Waals surface area (Å²) in [7, 11) is 1.78. The minimum atomic E-state index is 0.602. The van der Waals surface area contributed by atoms with Gasteiger partial charge < -0.3 is 15.4 Å². The fraction of sp³-hybridized carbons (Fsp3) is 0.478. The minimum absolute atomic E-state index is 0.602. The largest absolute Gasteiger partial charge is 0.478 e. The zero-order valence-electron chi connectivity index (χ0n) is 17.7. The molecule has 3 rings (SSSR count). The Hall–Kier alpha value is -2.60. The van der Waals surface area contributed by atoms with Crippen molar-refractivity contribution in [2.24, 2.45) is 4.99 Å². The molecule has 0 bridgehead atoms. The number of nitrogens with zero attached hydrogens (tertiary/aromatic N) is 3. The zero-order chi connectivity index (χ0) is 20.3. The van der Waals surface area contributed by atoms with Crippen LogP contribution in [0.2, 0.25) is 0 Å². The molecule has 0 atom stereocenters. The molecular formula is C23H33N5O. The van der Waals surface area contributed by atoms with Crippen LogP contribution >= 0.6 is 0 Å². The summed E-state index contributed by atoms with van der Waals surface area (Å²) in [5.41, 5.74) is 3.64. The molecule has 156 valence electrons. The monoisotopic (exact) mass is 395 g/mol. The second-order valence-corrected chi connectivity index (χ2v) is 7.33. The average molecular weight is 396 g/mol. The first-order valence-corrected chi connectivity index (χ1v) is 10.6. The number of nitrogens with one attached hydrogen (secondary N) is 2. The number of rotatable bonds is 8. The summed E-state index contributed by atoms with van der Waals surface area (Å²) in [6.07, 6.45) is 5.79. The number of guanidine groups is 1. The summed E-state index contributed by atoms with van der Waals surface area (Å²) >= 11 is 0. The van der Waals surface area contributed by atoms with Gasteiger partial charge in [-0.05, 0) is 50.0 Å². The van der Waals surface area contributed by atoms with Crippen LogP contribution in [0.3, 0.4) is 0 Å². The maximum absolute atomic E-state index is 5.58. The van der Waals surface area contributed by atoms with E-state index in [0.29, 0.717) is 19.0 Å². The van der Waals surface area contributed by atoms with Crippen LogP contribution in [-0.4, -0.2) is 42.6 Å². The van der Waals surface area contributed by atoms with Crippen molar-refractivity contribution in [3.63, 3.8) is 0 Å². The summed E-state index contributed by atoms with van der Waals surface area (Å²) in [5, 5.41) is 6.71. The number of benzene rings is 1. The lowest BCUT2D eigenvalue weighted by Crippen LogP contribution is -2.36. The van der Waals surface area contributed by atoms with Gasteiger partial charge in [-0.3, -0.25) is 9.89 Å². The van der Waals surface area contributed by atoms with Gasteiger partial charge in [0.25, 0.3) is 0 Å². The summed E-state index contributed by atoms with van der Waals surface area (Å²) in [6.45, 7) is 7.42. The summed E-state index contributed by atoms with van der Waals surface area (Å²) in [5.74, 6) is 1.43. The lowest BCUT2D eigenvalue weighted by Gasteiger charge is -2.26. The normalized spacial score (nSPS) is 15.2. The number of hydrogen-bond acceptors (Lipinski definition) is 4. The van der Waals surface area contributed by atoms with Crippen molar-refractivity contribution in [3.8, 4) is 5.88 Å². The molecule has 0 aliphatic carbocycles. The first kappa shape index (κ1) is 21.1. The van der Waals surface area contributed by atoms with Gasteiger partial charge in [0, 0.05) is 38.4 Å². The van der Waals surface area contributed by atoms with Crippen LogP contribution in [0.25, 0.3) is 0 Å². The van der Waals surface area contributed by atoms with Gasteiger partial charge in [0.05, 0.1) is 6.61 Å². The van der Waals surface area contributed by atoms with Gasteiger partial charge >= 0.3 is 0 Å². The summed E-state index contributed by atoms with van der Waals surface area (Å²) in [6, 6.07) is 12.8. The van der Waals surface area contributed by atoms with E-state index in [1.165, 1.54) is 43.5 Å². The van der Waals surface area contributed by atoms with Crippen LogP contribution in [0.15, 0.2) is 47.6 Å². The Kier molecular flexibility index (Phi) is 8.31. The molecule has 2 N–H and O–H groups in total. The van der Waals surface area contributed by atoms with E-state index in [1.54, 1.807) is 13.2 Å². The fourth-order valence-corrected chi connectivity index (χ4v) is 3.55. The van der Waals surface area contributed by atoms with Crippen molar-refractivity contribution < 1.29 is 4.74 Å². The van der Waals surface area contributed by atoms with E-state index in [-0.39, 0.29) is 0 Å². The van der Waals surface area contributed by atoms with E-state index in [4.69, 9.17) is 4.74 Å². The van der Waals surface area contributed by atoms with Crippen molar-refractivity contribution in [2.45, 2.75) is 45.8 Å². The van der Waals surface area contributed by atoms with E-state index in [0.717, 1.165) is 24.6 Å². The first-order chi connectivity index (χ1) is 14.3. The summed E-state index contributed by atoms with van der Waals surface area (Å²) in [4.78, 5) is 11.2. The Morgan fingerprint density at radius 3 is 2.48 bits per heavy atom. The molecule has 6 nitrogen and oxygen atoms in total. The molecule has 0 saturated carbocycles. The standard InChI is InChI=1S/C23H33N5O/c1-3-29-22-21(8-7-13-25-22)17-27-23(24-2)26-16-19-9-11-20(12-10-19)18-28-14-5-4-6-15-28/h7-13H,3-6,14-18H2,1-2H3,(H2,24,26,27). The van der Waals surface area contributed by atoms with E-state index in [9.17, 15) is 0 Å². The Morgan fingerprint density at radius 1 is 1.03 bits per heavy atom. The van der Waals surface area contributed by atoms with Gasteiger partial charge in [-0.1, -0.05) is 36.8 Å². The van der Waals surface area contributed by atoms with Crippen LogP contribution in [0.1, 0.15) is 42.9 Å². The highest BCUT2D eigenvalue weighted by atomic mass is 16.5. The average Bonchev–Trinajstić information content (AvgIpc) is 2.77. The molecule has 1 aromatic heterocycles. The lowest BCUT2D eigenvalue weighted by molar-refractivity contribution is 0.221. The third-order valence-corrected chi connectivity index (χ3v) is 5.14. The number of hydrogen-bond donors (Lipinski definition) is 2. The van der Waals surface area contributed by atoms with E-state index in [2.05, 4.69) is 49.8 Å². The third kappa shape index (κ3) is 6.75. The van der Waals surface area contributed by atoms with Gasteiger partial charge in [0.15, 0.2) is 5.96 Å². The van der Waals surface area contributed by atoms with E-state index in [1.807, 2.05) is 19.1 Å². The first-order valence-electron chi connectivity index (χ1n) is 10.6. The summed E-state index contributed by atoms with van der Waals surface area (Å²) < 4.78 is 5.58. The molecule has 2 heterocycles. The van der Waals surface area contributed by atoms with Crippen LogP contribution < -0.4 is 15.4 Å². The van der Waals surface area contributed by atoms with Crippen molar-refractivity contribution in [2.75, 3.05) is 26.7 Å². The number of aliphatic imine (C=N–C) groups is 1. The molecule has 0 unspecified atom stereocenters. The van der Waals surface area contributed by atoms with Crippen LogP contribution in [0.4, 0.5) is 0 Å². The molecule has 1 aliphatic rings. The third-order valence-electron chi connectivity index (χ3n) is 5.14. The molecule has 0 amide bonds. The highest BCUT2D eigenvalue weighted by Gasteiger charge is 2.10. The molecule has 1 aliphatic heterocycles. The lowest BCUT2D eigenvalue weighted by atomic mass is 10.1. The predicted molar refractivity (Wildman–Crippen MR) is 118 cm³/mol. The Balaban J connectivity index is 1.46. The topological polar surface area (TPSA) is 61.8 Å². The Morgan fingerprint density at radius 2 is 1.76 bits per heavy atom. The molecule has 0 spiro atoms. The maximum Gasteiger partial charge on any atom is 0.218 e. The van der Waals surface area contributed by atoms with Crippen LogP contribution in [0, 0.1) is 0 Å². The highest BCUT2D eigenvalue weighted by molar-refractivity contribution is 5.79. The molecular weight excluding hydrogens is 362 g/mol. The Bertz CT molecular complexity index is 769. The quantitative estimate of drug-likeness (QED) is 0.530. The molecule has 29 heavy (non-hydrogen) atoms. The van der Waals surface area contributed by atoms with E-state index >= 15 is 0 Å². The number of ether oxygens (including phenoxy) is 1. The van der Waals surface area contributed by atoms with Gasteiger partial charge in [0.1, 0.15) is 0 Å². The smallest absolute Gasteiger partial charge is 0.218 e. The second kappa shape index (κ2) is 11.4. The fourth-order valence-electron chi connectivity index (χ4n) is 3.55. The minimum Gasteiger partial charge on any atom is -0.478 e. The molecule has 0 radical (unpaired) electrons. The van der Waals surface area contributed by atoms with Crippen molar-refractivity contribution in [1.29, 1.82) is 0 Å². The Labute approximate surface area is 174 Å². The number of likely N-dealkylation sites (tertiary alicyclic amines) is 1. The molecule has 1 aromatic carbocycles.